The summed E-state index contributed by atoms with van der Waals surface area (Å²) in [6.07, 6.45) is -2.28. The normalized spacial score (nSPS) is 11.2. The maximum Gasteiger partial charge on any atom is 0.416 e. The van der Waals surface area contributed by atoms with E-state index in [2.05, 4.69) is 30.5 Å². The molecule has 0 aliphatic rings. The SMILES string of the molecule is C=C=C(Cc1ccc(CCc2cccc(C(F)(F)F)c2)c(C)c1)c1ccccc1. The van der Waals surface area contributed by atoms with Gasteiger partial charge in [-0.2, -0.15) is 13.2 Å². The Balaban J connectivity index is 1.69. The molecule has 3 heteroatoms. The summed E-state index contributed by atoms with van der Waals surface area (Å²) in [6, 6.07) is 21.9. The van der Waals surface area contributed by atoms with E-state index in [1.165, 1.54) is 17.7 Å². The van der Waals surface area contributed by atoms with Crippen molar-refractivity contribution in [1.82, 2.24) is 0 Å². The minimum Gasteiger partial charge on any atom is -0.166 e. The molecule has 0 heterocycles. The lowest BCUT2D eigenvalue weighted by Gasteiger charge is -2.12. The van der Waals surface area contributed by atoms with Gasteiger partial charge in [0.05, 0.1) is 5.56 Å². The summed E-state index contributed by atoms with van der Waals surface area (Å²) in [5.74, 6) is 0. The zero-order valence-corrected chi connectivity index (χ0v) is 16.4. The molecule has 0 saturated heterocycles. The highest BCUT2D eigenvalue weighted by molar-refractivity contribution is 5.67. The number of aryl methyl sites for hydroxylation is 3. The third kappa shape index (κ3) is 5.49. The van der Waals surface area contributed by atoms with Crippen molar-refractivity contribution in [2.75, 3.05) is 0 Å². The zero-order valence-electron chi connectivity index (χ0n) is 16.4. The lowest BCUT2D eigenvalue weighted by Crippen LogP contribution is -2.05. The average molecular weight is 392 g/mol. The highest BCUT2D eigenvalue weighted by Crippen LogP contribution is 2.30. The summed E-state index contributed by atoms with van der Waals surface area (Å²) < 4.78 is 38.7. The summed E-state index contributed by atoms with van der Waals surface area (Å²) in [7, 11) is 0. The number of alkyl halides is 3. The topological polar surface area (TPSA) is 0 Å². The predicted molar refractivity (Wildman–Crippen MR) is 113 cm³/mol. The van der Waals surface area contributed by atoms with Crippen LogP contribution in [-0.4, -0.2) is 0 Å². The van der Waals surface area contributed by atoms with Crippen LogP contribution in [0.4, 0.5) is 13.2 Å². The third-order valence-corrected chi connectivity index (χ3v) is 5.06. The molecule has 0 spiro atoms. The molecule has 148 valence electrons. The Morgan fingerprint density at radius 3 is 2.28 bits per heavy atom. The smallest absolute Gasteiger partial charge is 0.166 e. The van der Waals surface area contributed by atoms with Crippen LogP contribution in [0.5, 0.6) is 0 Å². The van der Waals surface area contributed by atoms with Gasteiger partial charge in [-0.1, -0.05) is 73.3 Å². The second-order valence-corrected chi connectivity index (χ2v) is 7.16. The van der Waals surface area contributed by atoms with Crippen LogP contribution >= 0.6 is 0 Å². The minimum atomic E-state index is -4.30. The Morgan fingerprint density at radius 1 is 0.862 bits per heavy atom. The molecule has 0 unspecified atom stereocenters. The van der Waals surface area contributed by atoms with Crippen LogP contribution in [0, 0.1) is 6.92 Å². The summed E-state index contributed by atoms with van der Waals surface area (Å²) >= 11 is 0. The molecule has 0 bridgehead atoms. The average Bonchev–Trinajstić information content (AvgIpc) is 2.71. The molecular formula is C26H23F3. The molecule has 29 heavy (non-hydrogen) atoms. The fraction of sp³-hybridized carbons (Fsp3) is 0.192. The van der Waals surface area contributed by atoms with Crippen molar-refractivity contribution in [3.63, 3.8) is 0 Å². The van der Waals surface area contributed by atoms with E-state index >= 15 is 0 Å². The summed E-state index contributed by atoms with van der Waals surface area (Å²) in [5, 5.41) is 0. The van der Waals surface area contributed by atoms with Crippen LogP contribution in [0.2, 0.25) is 0 Å². The molecule has 3 aromatic rings. The molecule has 0 fully saturated rings. The predicted octanol–water partition coefficient (Wildman–Crippen LogP) is 7.21. The molecule has 3 rings (SSSR count). The van der Waals surface area contributed by atoms with Gasteiger partial charge < -0.3 is 0 Å². The summed E-state index contributed by atoms with van der Waals surface area (Å²) in [4.78, 5) is 0. The van der Waals surface area contributed by atoms with E-state index in [1.807, 2.05) is 37.3 Å². The molecule has 0 aromatic heterocycles. The fourth-order valence-corrected chi connectivity index (χ4v) is 3.44. The first-order valence-corrected chi connectivity index (χ1v) is 9.55. The molecule has 0 amide bonds. The Morgan fingerprint density at radius 2 is 1.62 bits per heavy atom. The molecule has 3 aromatic carbocycles. The second-order valence-electron chi connectivity index (χ2n) is 7.16. The third-order valence-electron chi connectivity index (χ3n) is 5.06. The van der Waals surface area contributed by atoms with Crippen molar-refractivity contribution in [2.24, 2.45) is 0 Å². The second kappa shape index (κ2) is 8.98. The number of hydrogen-bond acceptors (Lipinski definition) is 0. The van der Waals surface area contributed by atoms with Crippen LogP contribution in [0.15, 0.2) is 85.1 Å². The van der Waals surface area contributed by atoms with Crippen LogP contribution in [0.3, 0.4) is 0 Å². The highest BCUT2D eigenvalue weighted by atomic mass is 19.4. The first kappa shape index (κ1) is 20.7. The van der Waals surface area contributed by atoms with Gasteiger partial charge in [-0.3, -0.25) is 0 Å². The monoisotopic (exact) mass is 392 g/mol. The van der Waals surface area contributed by atoms with Gasteiger partial charge in [-0.15, -0.1) is 5.73 Å². The number of rotatable bonds is 6. The first-order chi connectivity index (χ1) is 13.9. The molecule has 0 N–H and O–H groups in total. The molecule has 0 aliphatic carbocycles. The van der Waals surface area contributed by atoms with Gasteiger partial charge in [0.2, 0.25) is 0 Å². The molecule has 0 radical (unpaired) electrons. The van der Waals surface area contributed by atoms with Crippen LogP contribution in [0.1, 0.15) is 33.4 Å². The van der Waals surface area contributed by atoms with Crippen molar-refractivity contribution in [3.8, 4) is 0 Å². The van der Waals surface area contributed by atoms with Gasteiger partial charge in [0.25, 0.3) is 0 Å². The van der Waals surface area contributed by atoms with E-state index in [1.54, 1.807) is 6.07 Å². The van der Waals surface area contributed by atoms with Crippen molar-refractivity contribution < 1.29 is 13.2 Å². The number of halogens is 3. The summed E-state index contributed by atoms with van der Waals surface area (Å²) in [5.41, 5.74) is 8.76. The summed E-state index contributed by atoms with van der Waals surface area (Å²) in [6.45, 7) is 5.87. The van der Waals surface area contributed by atoms with Crippen LogP contribution in [0.25, 0.3) is 5.57 Å². The van der Waals surface area contributed by atoms with E-state index in [9.17, 15) is 13.2 Å². The van der Waals surface area contributed by atoms with Crippen molar-refractivity contribution in [3.05, 3.63) is 118 Å². The Hall–Kier alpha value is -3.03. The molecule has 0 aliphatic heterocycles. The van der Waals surface area contributed by atoms with Crippen molar-refractivity contribution in [2.45, 2.75) is 32.4 Å². The minimum absolute atomic E-state index is 0.575. The van der Waals surface area contributed by atoms with Gasteiger partial charge >= 0.3 is 6.18 Å². The Bertz CT molecular complexity index is 1020. The zero-order chi connectivity index (χ0) is 20.9. The van der Waals surface area contributed by atoms with E-state index in [4.69, 9.17) is 0 Å². The van der Waals surface area contributed by atoms with Gasteiger partial charge in [0.1, 0.15) is 0 Å². The van der Waals surface area contributed by atoms with Crippen LogP contribution < -0.4 is 0 Å². The highest BCUT2D eigenvalue weighted by Gasteiger charge is 2.30. The molecule has 0 saturated carbocycles. The van der Waals surface area contributed by atoms with E-state index < -0.39 is 11.7 Å². The van der Waals surface area contributed by atoms with E-state index in [0.717, 1.165) is 34.8 Å². The Kier molecular flexibility index (Phi) is 6.41. The lowest BCUT2D eigenvalue weighted by molar-refractivity contribution is -0.137. The number of hydrogen-bond donors (Lipinski definition) is 0. The number of benzene rings is 3. The van der Waals surface area contributed by atoms with Gasteiger partial charge in [-0.25, -0.2) is 0 Å². The van der Waals surface area contributed by atoms with E-state index in [-0.39, 0.29) is 0 Å². The maximum atomic E-state index is 12.9. The van der Waals surface area contributed by atoms with Crippen molar-refractivity contribution >= 4 is 5.57 Å². The molecule has 0 atom stereocenters. The van der Waals surface area contributed by atoms with Crippen molar-refractivity contribution in [1.29, 1.82) is 0 Å². The lowest BCUT2D eigenvalue weighted by atomic mass is 9.94. The van der Waals surface area contributed by atoms with Gasteiger partial charge in [0, 0.05) is 12.0 Å². The van der Waals surface area contributed by atoms with Gasteiger partial charge in [0.15, 0.2) is 0 Å². The molecular weight excluding hydrogens is 369 g/mol. The first-order valence-electron chi connectivity index (χ1n) is 9.55. The standard InChI is InChI=1S/C26H23F3/c1-3-22(24-9-5-4-6-10-24)17-21-13-15-23(19(2)16-21)14-12-20-8-7-11-25(18-20)26(27,28)29/h4-11,13,15-16,18H,1,12,14,17H2,2H3. The quantitative estimate of drug-likeness (QED) is 0.389. The van der Waals surface area contributed by atoms with Crippen LogP contribution in [-0.2, 0) is 25.4 Å². The fourth-order valence-electron chi connectivity index (χ4n) is 3.44. The van der Waals surface area contributed by atoms with Gasteiger partial charge in [-0.05, 0) is 53.6 Å². The van der Waals surface area contributed by atoms with E-state index in [0.29, 0.717) is 18.4 Å². The molecule has 0 nitrogen and oxygen atoms in total. The number of allylic oxidation sites excluding steroid dienone is 1. The Labute approximate surface area is 170 Å². The largest absolute Gasteiger partial charge is 0.416 e. The maximum absolute atomic E-state index is 12.9.